The van der Waals surface area contributed by atoms with Crippen molar-refractivity contribution in [1.82, 2.24) is 10.2 Å². The van der Waals surface area contributed by atoms with Crippen LogP contribution in [-0.2, 0) is 9.59 Å². The maximum absolute atomic E-state index is 12.8. The molecule has 0 radical (unpaired) electrons. The molecule has 1 saturated carbocycles. The van der Waals surface area contributed by atoms with E-state index >= 15 is 0 Å². The summed E-state index contributed by atoms with van der Waals surface area (Å²) in [6.07, 6.45) is 3.25. The van der Waals surface area contributed by atoms with E-state index in [1.807, 2.05) is 0 Å². The van der Waals surface area contributed by atoms with E-state index in [0.717, 1.165) is 29.8 Å². The van der Waals surface area contributed by atoms with E-state index in [1.54, 1.807) is 18.2 Å². The van der Waals surface area contributed by atoms with Crippen LogP contribution >= 0.6 is 0 Å². The molecule has 0 bridgehead atoms. The third kappa shape index (κ3) is 2.66. The third-order valence-corrected chi connectivity index (χ3v) is 5.36. The number of piperidine rings is 1. The molecular weight excluding hydrogens is 336 g/mol. The molecule has 1 unspecified atom stereocenters. The van der Waals surface area contributed by atoms with Gasteiger partial charge in [0.1, 0.15) is 6.04 Å². The summed E-state index contributed by atoms with van der Waals surface area (Å²) < 4.78 is 0. The lowest BCUT2D eigenvalue weighted by Gasteiger charge is -2.27. The van der Waals surface area contributed by atoms with E-state index < -0.39 is 23.8 Å². The van der Waals surface area contributed by atoms with E-state index in [0.29, 0.717) is 0 Å². The number of nitrogens with one attached hydrogen (secondary N) is 2. The number of fused-ring (bicyclic) bond motifs is 1. The Morgan fingerprint density at radius 1 is 1.04 bits per heavy atom. The number of imide groups is 2. The molecule has 0 spiro atoms. The summed E-state index contributed by atoms with van der Waals surface area (Å²) in [5.74, 6) is -1.99. The normalized spacial score (nSPS) is 28.3. The fourth-order valence-corrected chi connectivity index (χ4v) is 3.94. The first-order valence-corrected chi connectivity index (χ1v) is 8.83. The Balaban J connectivity index is 1.58. The van der Waals surface area contributed by atoms with Crippen LogP contribution in [0.5, 0.6) is 0 Å². The summed E-state index contributed by atoms with van der Waals surface area (Å²) in [6, 6.07) is 4.27. The molecule has 2 fully saturated rings. The molecule has 26 heavy (non-hydrogen) atoms. The Morgan fingerprint density at radius 3 is 2.50 bits per heavy atom. The highest BCUT2D eigenvalue weighted by Crippen LogP contribution is 2.30. The van der Waals surface area contributed by atoms with E-state index in [1.165, 1.54) is 0 Å². The lowest BCUT2D eigenvalue weighted by molar-refractivity contribution is -0.136. The van der Waals surface area contributed by atoms with E-state index in [9.17, 15) is 19.2 Å². The molecule has 1 saturated heterocycles. The van der Waals surface area contributed by atoms with Crippen molar-refractivity contribution in [3.63, 3.8) is 0 Å². The van der Waals surface area contributed by atoms with Crippen molar-refractivity contribution in [2.24, 2.45) is 5.73 Å². The molecule has 0 aromatic heterocycles. The third-order valence-electron chi connectivity index (χ3n) is 5.36. The molecule has 3 aliphatic rings. The molecule has 4 N–H and O–H groups in total. The van der Waals surface area contributed by atoms with Gasteiger partial charge in [0.2, 0.25) is 11.8 Å². The smallest absolute Gasteiger partial charge is 0.262 e. The van der Waals surface area contributed by atoms with Gasteiger partial charge in [-0.3, -0.25) is 29.4 Å². The van der Waals surface area contributed by atoms with Crippen LogP contribution in [0.15, 0.2) is 18.2 Å². The van der Waals surface area contributed by atoms with Gasteiger partial charge in [0.15, 0.2) is 0 Å². The lowest BCUT2D eigenvalue weighted by Crippen LogP contribution is -2.54. The standard InChI is InChI=1S/C18H20N4O4/c19-12-2-1-3-13(12)20-9-4-5-10-11(8-9)18(26)22(17(10)25)14-6-7-15(23)21-16(14)24/h4-5,8,12-14,20H,1-3,6-7,19H2,(H,21,23,24)/t12-,13+,14?/m1/s1. The van der Waals surface area contributed by atoms with Gasteiger partial charge < -0.3 is 11.1 Å². The van der Waals surface area contributed by atoms with Crippen molar-refractivity contribution in [2.75, 3.05) is 5.32 Å². The second-order valence-corrected chi connectivity index (χ2v) is 7.05. The van der Waals surface area contributed by atoms with Crippen LogP contribution < -0.4 is 16.4 Å². The van der Waals surface area contributed by atoms with E-state index in [4.69, 9.17) is 5.73 Å². The van der Waals surface area contributed by atoms with Crippen molar-refractivity contribution in [1.29, 1.82) is 0 Å². The molecule has 2 aliphatic heterocycles. The average Bonchev–Trinajstić information content (AvgIpc) is 3.11. The van der Waals surface area contributed by atoms with Crippen LogP contribution in [0.4, 0.5) is 5.69 Å². The fraction of sp³-hybridized carbons (Fsp3) is 0.444. The van der Waals surface area contributed by atoms with Gasteiger partial charge in [0.05, 0.1) is 11.1 Å². The molecule has 4 rings (SSSR count). The zero-order valence-electron chi connectivity index (χ0n) is 14.2. The zero-order valence-corrected chi connectivity index (χ0v) is 14.2. The van der Waals surface area contributed by atoms with Crippen LogP contribution in [0.25, 0.3) is 0 Å². The number of carbonyl (C=O) groups excluding carboxylic acids is 4. The maximum Gasteiger partial charge on any atom is 0.262 e. The highest BCUT2D eigenvalue weighted by Gasteiger charge is 2.44. The predicted octanol–water partition coefficient (Wildman–Crippen LogP) is 0.379. The minimum absolute atomic E-state index is 0.0700. The highest BCUT2D eigenvalue weighted by atomic mass is 16.2. The number of hydrogen-bond acceptors (Lipinski definition) is 6. The largest absolute Gasteiger partial charge is 0.381 e. The molecule has 136 valence electrons. The topological polar surface area (TPSA) is 122 Å². The number of nitrogens with two attached hydrogens (primary N) is 1. The van der Waals surface area contributed by atoms with Crippen LogP contribution in [0.2, 0.25) is 0 Å². The first-order valence-electron chi connectivity index (χ1n) is 8.83. The maximum atomic E-state index is 12.8. The lowest BCUT2D eigenvalue weighted by atomic mass is 10.0. The quantitative estimate of drug-likeness (QED) is 0.673. The number of rotatable bonds is 3. The molecule has 2 heterocycles. The molecule has 1 aromatic carbocycles. The van der Waals surface area contributed by atoms with E-state index in [-0.39, 0.29) is 42.0 Å². The van der Waals surface area contributed by atoms with Gasteiger partial charge in [-0.05, 0) is 43.9 Å². The molecule has 4 amide bonds. The Kier molecular flexibility index (Phi) is 3.99. The summed E-state index contributed by atoms with van der Waals surface area (Å²) in [4.78, 5) is 49.8. The van der Waals surface area contributed by atoms with Gasteiger partial charge in [-0.15, -0.1) is 0 Å². The Bertz CT molecular complexity index is 821. The summed E-state index contributed by atoms with van der Waals surface area (Å²) in [6.45, 7) is 0. The van der Waals surface area contributed by atoms with E-state index in [2.05, 4.69) is 10.6 Å². The van der Waals surface area contributed by atoms with Crippen LogP contribution in [0.1, 0.15) is 52.8 Å². The van der Waals surface area contributed by atoms with Crippen LogP contribution in [-0.4, -0.2) is 46.7 Å². The number of hydrogen-bond donors (Lipinski definition) is 3. The summed E-state index contributed by atoms with van der Waals surface area (Å²) in [5, 5.41) is 5.52. The number of nitrogens with zero attached hydrogens (tertiary/aromatic N) is 1. The molecule has 8 heteroatoms. The minimum Gasteiger partial charge on any atom is -0.381 e. The van der Waals surface area contributed by atoms with Crippen LogP contribution in [0, 0.1) is 0 Å². The average molecular weight is 356 g/mol. The highest BCUT2D eigenvalue weighted by molar-refractivity contribution is 6.23. The SMILES string of the molecule is N[C@@H]1CCC[C@@H]1Nc1ccc2c(c1)C(=O)N(C1CCC(=O)NC1=O)C2=O. The molecule has 3 atom stereocenters. The van der Waals surface area contributed by atoms with Gasteiger partial charge >= 0.3 is 0 Å². The number of anilines is 1. The molecule has 8 nitrogen and oxygen atoms in total. The molecule has 1 aromatic rings. The first-order chi connectivity index (χ1) is 12.5. The van der Waals surface area contributed by atoms with Crippen molar-refractivity contribution < 1.29 is 19.2 Å². The summed E-state index contributed by atoms with van der Waals surface area (Å²) in [7, 11) is 0. The van der Waals surface area contributed by atoms with Gasteiger partial charge in [0.25, 0.3) is 11.8 Å². The minimum atomic E-state index is -0.945. The molecule has 1 aliphatic carbocycles. The van der Waals surface area contributed by atoms with Gasteiger partial charge in [0, 0.05) is 24.2 Å². The summed E-state index contributed by atoms with van der Waals surface area (Å²) in [5.41, 5.74) is 7.36. The van der Waals surface area contributed by atoms with Crippen molar-refractivity contribution in [3.8, 4) is 0 Å². The number of benzene rings is 1. The Morgan fingerprint density at radius 2 is 1.81 bits per heavy atom. The molecular formula is C18H20N4O4. The number of carbonyl (C=O) groups is 4. The second kappa shape index (κ2) is 6.21. The van der Waals surface area contributed by atoms with Crippen LogP contribution in [0.3, 0.4) is 0 Å². The van der Waals surface area contributed by atoms with Gasteiger partial charge in [-0.2, -0.15) is 0 Å². The van der Waals surface area contributed by atoms with Gasteiger partial charge in [-0.25, -0.2) is 0 Å². The summed E-state index contributed by atoms with van der Waals surface area (Å²) >= 11 is 0. The predicted molar refractivity (Wildman–Crippen MR) is 92.4 cm³/mol. The fourth-order valence-electron chi connectivity index (χ4n) is 3.94. The van der Waals surface area contributed by atoms with Crippen molar-refractivity contribution in [2.45, 2.75) is 50.2 Å². The number of amides is 4. The monoisotopic (exact) mass is 356 g/mol. The van der Waals surface area contributed by atoms with Crippen molar-refractivity contribution >= 4 is 29.3 Å². The first kappa shape index (κ1) is 16.7. The second-order valence-electron chi connectivity index (χ2n) is 7.05. The van der Waals surface area contributed by atoms with Gasteiger partial charge in [-0.1, -0.05) is 0 Å². The Labute approximate surface area is 150 Å². The Hall–Kier alpha value is -2.74. The zero-order chi connectivity index (χ0) is 18.4. The van der Waals surface area contributed by atoms with Crippen molar-refractivity contribution in [3.05, 3.63) is 29.3 Å².